The van der Waals surface area contributed by atoms with E-state index < -0.39 is 11.6 Å². The molecule has 0 saturated heterocycles. The van der Waals surface area contributed by atoms with Crippen LogP contribution in [0.1, 0.15) is 41.4 Å². The minimum Gasteiger partial charge on any atom is -0.470 e. The van der Waals surface area contributed by atoms with E-state index in [-0.39, 0.29) is 24.4 Å². The number of hydrogen-bond acceptors (Lipinski definition) is 12. The second-order valence-electron chi connectivity index (χ2n) is 9.54. The summed E-state index contributed by atoms with van der Waals surface area (Å²) in [7, 11) is 0. The van der Waals surface area contributed by atoms with Gasteiger partial charge in [0, 0.05) is 29.8 Å². The molecule has 1 atom stereocenters. The van der Waals surface area contributed by atoms with Crippen molar-refractivity contribution in [3.05, 3.63) is 96.3 Å². The molecule has 2 aliphatic heterocycles. The summed E-state index contributed by atoms with van der Waals surface area (Å²) >= 11 is 0. The molecule has 40 heavy (non-hydrogen) atoms. The van der Waals surface area contributed by atoms with Gasteiger partial charge in [-0.2, -0.15) is 9.97 Å². The Hall–Kier alpha value is -5.23. The van der Waals surface area contributed by atoms with Crippen molar-refractivity contribution >= 4 is 29.4 Å². The quantitative estimate of drug-likeness (QED) is 0.269. The largest absolute Gasteiger partial charge is 0.470 e. The molecule has 2 aliphatic rings. The molecule has 3 N–H and O–H groups in total. The fraction of sp³-hybridized carbons (Fsp3) is 0.179. The van der Waals surface area contributed by atoms with Gasteiger partial charge in [-0.3, -0.25) is 4.90 Å². The van der Waals surface area contributed by atoms with Crippen molar-refractivity contribution in [1.82, 2.24) is 20.1 Å². The molecule has 4 aromatic rings. The Bertz CT molecular complexity index is 1600. The fourth-order valence-corrected chi connectivity index (χ4v) is 4.42. The van der Waals surface area contributed by atoms with E-state index in [1.54, 1.807) is 35.6 Å². The summed E-state index contributed by atoms with van der Waals surface area (Å²) in [5, 5.41) is 20.7. The smallest absolute Gasteiger partial charge is 0.339 e. The number of aliphatic hydroxyl groups excluding tert-OH is 1. The van der Waals surface area contributed by atoms with Crippen LogP contribution in [-0.2, 0) is 15.1 Å². The normalized spacial score (nSPS) is 15.8. The highest BCUT2D eigenvalue weighted by Gasteiger charge is 2.37. The van der Waals surface area contributed by atoms with Crippen molar-refractivity contribution in [2.45, 2.75) is 25.5 Å². The Labute approximate surface area is 229 Å². The van der Waals surface area contributed by atoms with Gasteiger partial charge in [0.1, 0.15) is 29.5 Å². The lowest BCUT2D eigenvalue weighted by Crippen LogP contribution is -2.17. The van der Waals surface area contributed by atoms with E-state index in [0.717, 1.165) is 11.1 Å². The molecule has 2 aromatic carbocycles. The highest BCUT2D eigenvalue weighted by molar-refractivity contribution is 5.95. The van der Waals surface area contributed by atoms with Gasteiger partial charge in [-0.25, -0.2) is 9.78 Å². The third kappa shape index (κ3) is 4.83. The molecular weight excluding hydrogens is 514 g/mol. The molecule has 12 nitrogen and oxygen atoms in total. The number of rotatable bonds is 8. The number of nitrogens with one attached hydrogen (secondary N) is 2. The van der Waals surface area contributed by atoms with E-state index in [1.807, 2.05) is 50.2 Å². The summed E-state index contributed by atoms with van der Waals surface area (Å²) in [5.41, 5.74) is 2.54. The van der Waals surface area contributed by atoms with E-state index >= 15 is 0 Å². The first-order valence-electron chi connectivity index (χ1n) is 12.5. The maximum Gasteiger partial charge on any atom is 0.339 e. The van der Waals surface area contributed by atoms with Crippen LogP contribution in [0.4, 0.5) is 23.4 Å². The Morgan fingerprint density at radius 1 is 1.05 bits per heavy atom. The molecule has 2 aromatic heterocycles. The molecule has 0 amide bonds. The molecule has 0 fully saturated rings. The average Bonchev–Trinajstić information content (AvgIpc) is 3.55. The van der Waals surface area contributed by atoms with Gasteiger partial charge in [0.05, 0.1) is 18.2 Å². The molecule has 0 aliphatic carbocycles. The Morgan fingerprint density at radius 2 is 1.85 bits per heavy atom. The highest BCUT2D eigenvalue weighted by Crippen LogP contribution is 2.38. The third-order valence-corrected chi connectivity index (χ3v) is 6.45. The summed E-state index contributed by atoms with van der Waals surface area (Å²) in [4.78, 5) is 27.5. The number of fused-ring (bicyclic) bond motifs is 1. The molecule has 6 rings (SSSR count). The van der Waals surface area contributed by atoms with Crippen molar-refractivity contribution in [2.75, 3.05) is 22.1 Å². The molecule has 0 spiro atoms. The van der Waals surface area contributed by atoms with Crippen LogP contribution >= 0.6 is 0 Å². The number of hydrogen-bond donors (Lipinski definition) is 3. The van der Waals surface area contributed by atoms with Crippen LogP contribution in [0.2, 0.25) is 0 Å². The zero-order valence-corrected chi connectivity index (χ0v) is 21.6. The number of nitrogens with zero attached hydrogens (tertiary/aromatic N) is 5. The molecule has 12 heteroatoms. The van der Waals surface area contributed by atoms with Crippen LogP contribution < -0.4 is 15.5 Å². The van der Waals surface area contributed by atoms with Crippen LogP contribution in [0.25, 0.3) is 11.5 Å². The second kappa shape index (κ2) is 10.2. The first-order chi connectivity index (χ1) is 19.4. The maximum absolute atomic E-state index is 12.2. The number of carbonyl (C=O) groups excluding carboxylic acids is 1. The maximum atomic E-state index is 12.2. The summed E-state index contributed by atoms with van der Waals surface area (Å²) < 4.78 is 16.1. The van der Waals surface area contributed by atoms with Crippen molar-refractivity contribution in [1.29, 1.82) is 0 Å². The van der Waals surface area contributed by atoms with Crippen LogP contribution in [-0.4, -0.2) is 37.8 Å². The van der Waals surface area contributed by atoms with E-state index in [0.29, 0.717) is 28.6 Å². The predicted octanol–water partition coefficient (Wildman–Crippen LogP) is 4.60. The highest BCUT2D eigenvalue weighted by atomic mass is 16.6. The summed E-state index contributed by atoms with van der Waals surface area (Å²) in [6.07, 6.45) is 7.82. The first kappa shape index (κ1) is 25.1. The van der Waals surface area contributed by atoms with E-state index in [9.17, 15) is 9.90 Å². The summed E-state index contributed by atoms with van der Waals surface area (Å²) in [6.45, 7) is 3.49. The first-order valence-corrected chi connectivity index (χ1v) is 12.5. The minimum absolute atomic E-state index is 0.178. The third-order valence-electron chi connectivity index (χ3n) is 6.45. The summed E-state index contributed by atoms with van der Waals surface area (Å²) in [5.74, 6) is 0.758. The Morgan fingerprint density at radius 3 is 2.62 bits per heavy atom. The van der Waals surface area contributed by atoms with Gasteiger partial charge in [0.25, 0.3) is 11.8 Å². The number of anilines is 4. The second-order valence-corrected chi connectivity index (χ2v) is 9.54. The van der Waals surface area contributed by atoms with E-state index in [2.05, 4.69) is 25.8 Å². The molecular formula is C28H25N7O5. The van der Waals surface area contributed by atoms with Crippen LogP contribution in [0, 0.1) is 0 Å². The monoisotopic (exact) mass is 539 g/mol. The lowest BCUT2D eigenvalue weighted by Gasteiger charge is -2.20. The zero-order valence-electron chi connectivity index (χ0n) is 21.6. The fourth-order valence-electron chi connectivity index (χ4n) is 4.42. The van der Waals surface area contributed by atoms with Gasteiger partial charge in [0.15, 0.2) is 0 Å². The van der Waals surface area contributed by atoms with Gasteiger partial charge >= 0.3 is 5.97 Å². The number of aliphatic hydroxyl groups is 1. The number of benzene rings is 2. The summed E-state index contributed by atoms with van der Waals surface area (Å²) in [6, 6.07) is 14.4. The lowest BCUT2D eigenvalue weighted by molar-refractivity contribution is 0.00954. The number of esters is 1. The van der Waals surface area contributed by atoms with Crippen molar-refractivity contribution in [2.24, 2.45) is 0 Å². The topological polar surface area (TPSA) is 148 Å². The van der Waals surface area contributed by atoms with Gasteiger partial charge < -0.3 is 29.7 Å². The Kier molecular flexibility index (Phi) is 6.36. The standard InChI is InChI=1S/C28H25N7O5/c1-28(2)21-14-18(8-9-19(21)25(37)39-28)30-26-29-15-20(24-33-27(34-40-24)35-10-12-38-13-11-35)23(32-26)31-22(16-36)17-6-4-3-5-7-17/h3-15,22,36H,16H2,1-2H3,(H2,29,30,31,32)/t22-/m1/s1. The average molecular weight is 540 g/mol. The van der Waals surface area contributed by atoms with Crippen LogP contribution in [0.15, 0.2) is 84.2 Å². The number of cyclic esters (lactones) is 1. The van der Waals surface area contributed by atoms with Crippen molar-refractivity contribution < 1.29 is 23.9 Å². The molecule has 0 bridgehead atoms. The molecule has 0 saturated carbocycles. The van der Waals surface area contributed by atoms with Crippen molar-refractivity contribution in [3.63, 3.8) is 0 Å². The Balaban J connectivity index is 1.35. The zero-order chi connectivity index (χ0) is 27.7. The number of aromatic nitrogens is 4. The molecule has 4 heterocycles. The van der Waals surface area contributed by atoms with Crippen LogP contribution in [0.3, 0.4) is 0 Å². The number of carbonyl (C=O) groups is 1. The SMILES string of the molecule is CC1(C)OC(=O)c2ccc(Nc3ncc(-c4nc(N5C=COC=C5)no4)c(N[C@H](CO)c4ccccc4)n3)cc21. The van der Waals surface area contributed by atoms with Crippen LogP contribution in [0.5, 0.6) is 0 Å². The molecule has 0 unspecified atom stereocenters. The lowest BCUT2D eigenvalue weighted by atomic mass is 9.95. The molecule has 202 valence electrons. The van der Waals surface area contributed by atoms with E-state index in [1.165, 1.54) is 12.5 Å². The van der Waals surface area contributed by atoms with Gasteiger partial charge in [-0.05, 0) is 42.8 Å². The predicted molar refractivity (Wildman–Crippen MR) is 145 cm³/mol. The van der Waals surface area contributed by atoms with E-state index in [4.69, 9.17) is 19.0 Å². The van der Waals surface area contributed by atoms with Gasteiger partial charge in [0.2, 0.25) is 5.95 Å². The van der Waals surface area contributed by atoms with Gasteiger partial charge in [-0.1, -0.05) is 30.3 Å². The van der Waals surface area contributed by atoms with Crippen molar-refractivity contribution in [3.8, 4) is 11.5 Å². The molecule has 0 radical (unpaired) electrons. The minimum atomic E-state index is -0.744. The number of ether oxygens (including phenoxy) is 2. The van der Waals surface area contributed by atoms with Gasteiger partial charge in [-0.15, -0.1) is 0 Å².